The number of rotatable bonds is 4. The first kappa shape index (κ1) is 13.7. The first-order chi connectivity index (χ1) is 7.87. The number of aliphatic hydroxyl groups excluding tert-OH is 1. The number of ether oxygens (including phenoxy) is 2. The lowest BCUT2D eigenvalue weighted by Crippen LogP contribution is -2.14. The van der Waals surface area contributed by atoms with E-state index in [4.69, 9.17) is 9.47 Å². The van der Waals surface area contributed by atoms with Crippen molar-refractivity contribution in [1.82, 2.24) is 9.97 Å². The van der Waals surface area contributed by atoms with Gasteiger partial charge in [0.15, 0.2) is 0 Å². The molecule has 17 heavy (non-hydrogen) atoms. The average molecular weight is 240 g/mol. The van der Waals surface area contributed by atoms with E-state index in [2.05, 4.69) is 30.7 Å². The second-order valence-electron chi connectivity index (χ2n) is 5.09. The predicted molar refractivity (Wildman–Crippen MR) is 64.2 cm³/mol. The SMILES string of the molecule is COc1cnc(C(O)CC(C)(C)C)c(OC)n1. The predicted octanol–water partition coefficient (Wildman–Crippen LogP) is 1.96. The molecule has 0 aromatic carbocycles. The Kier molecular flexibility index (Phi) is 4.28. The Labute approximate surface area is 102 Å². The third-order valence-corrected chi connectivity index (χ3v) is 2.27. The van der Waals surface area contributed by atoms with Gasteiger partial charge in [-0.05, 0) is 11.8 Å². The third-order valence-electron chi connectivity index (χ3n) is 2.27. The molecule has 1 rings (SSSR count). The van der Waals surface area contributed by atoms with Gasteiger partial charge in [0.2, 0.25) is 11.8 Å². The van der Waals surface area contributed by atoms with Crippen molar-refractivity contribution in [2.24, 2.45) is 5.41 Å². The largest absolute Gasteiger partial charge is 0.480 e. The summed E-state index contributed by atoms with van der Waals surface area (Å²) >= 11 is 0. The van der Waals surface area contributed by atoms with Gasteiger partial charge >= 0.3 is 0 Å². The summed E-state index contributed by atoms with van der Waals surface area (Å²) in [4.78, 5) is 8.24. The summed E-state index contributed by atoms with van der Waals surface area (Å²) < 4.78 is 10.1. The highest BCUT2D eigenvalue weighted by molar-refractivity contribution is 5.24. The van der Waals surface area contributed by atoms with E-state index in [-0.39, 0.29) is 5.41 Å². The van der Waals surface area contributed by atoms with Crippen molar-refractivity contribution in [3.8, 4) is 11.8 Å². The average Bonchev–Trinajstić information content (AvgIpc) is 2.25. The second-order valence-corrected chi connectivity index (χ2v) is 5.09. The summed E-state index contributed by atoms with van der Waals surface area (Å²) in [5, 5.41) is 10.1. The fourth-order valence-electron chi connectivity index (χ4n) is 1.52. The normalized spacial score (nSPS) is 13.3. The molecule has 1 heterocycles. The molecule has 96 valence electrons. The molecule has 1 N–H and O–H groups in total. The van der Waals surface area contributed by atoms with E-state index in [0.717, 1.165) is 0 Å². The van der Waals surface area contributed by atoms with Gasteiger partial charge in [0.1, 0.15) is 11.8 Å². The van der Waals surface area contributed by atoms with Crippen molar-refractivity contribution >= 4 is 0 Å². The number of aliphatic hydroxyl groups is 1. The molecule has 0 saturated carbocycles. The molecule has 0 bridgehead atoms. The number of hydrogen-bond acceptors (Lipinski definition) is 5. The monoisotopic (exact) mass is 240 g/mol. The van der Waals surface area contributed by atoms with Crippen molar-refractivity contribution in [1.29, 1.82) is 0 Å². The van der Waals surface area contributed by atoms with Crippen LogP contribution in [0.5, 0.6) is 11.8 Å². The highest BCUT2D eigenvalue weighted by Gasteiger charge is 2.23. The van der Waals surface area contributed by atoms with E-state index in [0.29, 0.717) is 23.9 Å². The summed E-state index contributed by atoms with van der Waals surface area (Å²) in [5.74, 6) is 0.676. The summed E-state index contributed by atoms with van der Waals surface area (Å²) in [7, 11) is 3.01. The van der Waals surface area contributed by atoms with Gasteiger partial charge in [-0.3, -0.25) is 0 Å². The highest BCUT2D eigenvalue weighted by atomic mass is 16.5. The third kappa shape index (κ3) is 3.85. The van der Waals surface area contributed by atoms with Crippen molar-refractivity contribution < 1.29 is 14.6 Å². The molecule has 0 aliphatic rings. The van der Waals surface area contributed by atoms with Gasteiger partial charge in [-0.25, -0.2) is 4.98 Å². The molecule has 0 aliphatic heterocycles. The van der Waals surface area contributed by atoms with Crippen LogP contribution >= 0.6 is 0 Å². The summed E-state index contributed by atoms with van der Waals surface area (Å²) in [6, 6.07) is 0. The molecule has 0 amide bonds. The molecule has 0 fully saturated rings. The fraction of sp³-hybridized carbons (Fsp3) is 0.667. The highest BCUT2D eigenvalue weighted by Crippen LogP contribution is 2.32. The van der Waals surface area contributed by atoms with Crippen LogP contribution in [-0.4, -0.2) is 29.3 Å². The van der Waals surface area contributed by atoms with Crippen LogP contribution in [0.25, 0.3) is 0 Å². The molecular weight excluding hydrogens is 220 g/mol. The van der Waals surface area contributed by atoms with Gasteiger partial charge < -0.3 is 14.6 Å². The molecule has 5 heteroatoms. The van der Waals surface area contributed by atoms with Crippen LogP contribution in [0.4, 0.5) is 0 Å². The van der Waals surface area contributed by atoms with Crippen molar-refractivity contribution in [2.75, 3.05) is 14.2 Å². The Morgan fingerprint density at radius 3 is 2.41 bits per heavy atom. The van der Waals surface area contributed by atoms with E-state index in [1.54, 1.807) is 0 Å². The van der Waals surface area contributed by atoms with Crippen LogP contribution in [0.1, 0.15) is 39.0 Å². The van der Waals surface area contributed by atoms with Gasteiger partial charge in [-0.1, -0.05) is 20.8 Å². The zero-order valence-corrected chi connectivity index (χ0v) is 11.0. The molecule has 0 radical (unpaired) electrons. The topological polar surface area (TPSA) is 64.5 Å². The van der Waals surface area contributed by atoms with Crippen LogP contribution in [0, 0.1) is 5.41 Å². The summed E-state index contributed by atoms with van der Waals surface area (Å²) in [6.45, 7) is 6.17. The standard InChI is InChI=1S/C12H20N2O3/c1-12(2,3)6-8(15)10-11(17-5)14-9(16-4)7-13-10/h7-8,15H,6H2,1-5H3. The summed E-state index contributed by atoms with van der Waals surface area (Å²) in [6.07, 6.45) is 1.37. The number of hydrogen-bond donors (Lipinski definition) is 1. The van der Waals surface area contributed by atoms with E-state index in [9.17, 15) is 5.11 Å². The van der Waals surface area contributed by atoms with Gasteiger partial charge in [-0.2, -0.15) is 4.98 Å². The lowest BCUT2D eigenvalue weighted by atomic mass is 9.88. The van der Waals surface area contributed by atoms with E-state index in [1.807, 2.05) is 0 Å². The molecule has 0 spiro atoms. The van der Waals surface area contributed by atoms with E-state index >= 15 is 0 Å². The lowest BCUT2D eigenvalue weighted by Gasteiger charge is -2.22. The molecular formula is C12H20N2O3. The minimum absolute atomic E-state index is 0.00599. The maximum absolute atomic E-state index is 10.1. The number of aromatic nitrogens is 2. The van der Waals surface area contributed by atoms with Crippen LogP contribution < -0.4 is 9.47 Å². The van der Waals surface area contributed by atoms with Crippen LogP contribution in [0.15, 0.2) is 6.20 Å². The summed E-state index contributed by atoms with van der Waals surface area (Å²) in [5.41, 5.74) is 0.453. The van der Waals surface area contributed by atoms with Crippen molar-refractivity contribution in [2.45, 2.75) is 33.3 Å². The van der Waals surface area contributed by atoms with E-state index in [1.165, 1.54) is 20.4 Å². The molecule has 0 aliphatic carbocycles. The number of nitrogens with zero attached hydrogens (tertiary/aromatic N) is 2. The van der Waals surface area contributed by atoms with Crippen molar-refractivity contribution in [3.05, 3.63) is 11.9 Å². The Balaban J connectivity index is 2.96. The molecule has 1 aromatic heterocycles. The minimum Gasteiger partial charge on any atom is -0.480 e. The smallest absolute Gasteiger partial charge is 0.241 e. The maximum atomic E-state index is 10.1. The van der Waals surface area contributed by atoms with Crippen LogP contribution in [0.3, 0.4) is 0 Å². The van der Waals surface area contributed by atoms with Gasteiger partial charge in [-0.15, -0.1) is 0 Å². The van der Waals surface area contributed by atoms with Gasteiger partial charge in [0, 0.05) is 0 Å². The maximum Gasteiger partial charge on any atom is 0.241 e. The van der Waals surface area contributed by atoms with Crippen LogP contribution in [0.2, 0.25) is 0 Å². The molecule has 1 unspecified atom stereocenters. The Hall–Kier alpha value is -1.36. The van der Waals surface area contributed by atoms with E-state index < -0.39 is 6.10 Å². The second kappa shape index (κ2) is 5.31. The zero-order valence-electron chi connectivity index (χ0n) is 11.0. The Morgan fingerprint density at radius 1 is 1.29 bits per heavy atom. The lowest BCUT2D eigenvalue weighted by molar-refractivity contribution is 0.114. The van der Waals surface area contributed by atoms with Crippen LogP contribution in [-0.2, 0) is 0 Å². The quantitative estimate of drug-likeness (QED) is 0.871. The van der Waals surface area contributed by atoms with Gasteiger partial charge in [0.25, 0.3) is 0 Å². The van der Waals surface area contributed by atoms with Gasteiger partial charge in [0.05, 0.1) is 20.4 Å². The first-order valence-electron chi connectivity index (χ1n) is 5.50. The number of methoxy groups -OCH3 is 2. The molecule has 0 saturated heterocycles. The molecule has 1 atom stereocenters. The molecule has 1 aromatic rings. The van der Waals surface area contributed by atoms with Crippen molar-refractivity contribution in [3.63, 3.8) is 0 Å². The Bertz CT molecular complexity index is 375. The fourth-order valence-corrected chi connectivity index (χ4v) is 1.52. The zero-order chi connectivity index (χ0) is 13.1. The molecule has 5 nitrogen and oxygen atoms in total. The first-order valence-corrected chi connectivity index (χ1v) is 5.50. The minimum atomic E-state index is -0.691. The Morgan fingerprint density at radius 2 is 1.94 bits per heavy atom.